The molecule has 4 heterocycles. The first-order valence-corrected chi connectivity index (χ1v) is 16.7. The number of benzene rings is 2. The van der Waals surface area contributed by atoms with Crippen LogP contribution in [0.4, 0.5) is 34.5 Å². The Labute approximate surface area is 317 Å². The van der Waals surface area contributed by atoms with Gasteiger partial charge in [0.2, 0.25) is 0 Å². The molecule has 3 aliphatic heterocycles. The van der Waals surface area contributed by atoms with E-state index in [0.717, 1.165) is 62.6 Å². The third-order valence-electron chi connectivity index (χ3n) is 9.39. The molecule has 1 aromatic heterocycles. The molecular weight excluding hydrogens is 758 g/mol. The zero-order chi connectivity index (χ0) is 38.8. The summed E-state index contributed by atoms with van der Waals surface area (Å²) in [5.74, 6) is 0.375. The van der Waals surface area contributed by atoms with Gasteiger partial charge in [0.25, 0.3) is 0 Å². The topological polar surface area (TPSA) is 66.7 Å². The van der Waals surface area contributed by atoms with Crippen LogP contribution in [0.25, 0.3) is 0 Å². The zero-order valence-electron chi connectivity index (χ0n) is 30.0. The monoisotopic (exact) mass is 801 g/mol. The van der Waals surface area contributed by atoms with Crippen molar-refractivity contribution in [2.75, 3.05) is 66.5 Å². The molecule has 2 atom stereocenters. The van der Waals surface area contributed by atoms with Gasteiger partial charge >= 0.3 is 31.6 Å². The summed E-state index contributed by atoms with van der Waals surface area (Å²) < 4.78 is 78.0. The van der Waals surface area contributed by atoms with Crippen LogP contribution in [0, 0.1) is 11.3 Å². The van der Waals surface area contributed by atoms with Crippen molar-refractivity contribution in [2.45, 2.75) is 36.8 Å². The van der Waals surface area contributed by atoms with Crippen molar-refractivity contribution in [1.29, 1.82) is 5.26 Å². The maximum atomic E-state index is 15.1. The van der Waals surface area contributed by atoms with Crippen LogP contribution in [-0.4, -0.2) is 117 Å². The van der Waals surface area contributed by atoms with E-state index in [9.17, 15) is 34.5 Å². The molecule has 18 heteroatoms. The van der Waals surface area contributed by atoms with Gasteiger partial charge in [0, 0.05) is 77.6 Å². The molecule has 0 spiro atoms. The minimum Gasteiger partial charge on any atom is -0.418 e. The molecule has 3 saturated heterocycles. The molecular formula is C35H44B2CuF8N6O. The fourth-order valence-corrected chi connectivity index (χ4v) is 7.64. The molecule has 3 aromatic rings. The number of nitrogens with zero attached hydrogens (tertiary/aromatic N) is 6. The third kappa shape index (κ3) is 13.2. The first-order chi connectivity index (χ1) is 24.2. The maximum absolute atomic E-state index is 15.1. The van der Waals surface area contributed by atoms with Gasteiger partial charge in [-0.3, -0.25) is 19.6 Å². The van der Waals surface area contributed by atoms with Crippen LogP contribution in [0.15, 0.2) is 85.1 Å². The van der Waals surface area contributed by atoms with Crippen molar-refractivity contribution in [2.24, 2.45) is 0 Å². The van der Waals surface area contributed by atoms with Crippen LogP contribution in [0.5, 0.6) is 0 Å². The number of halogens is 8. The number of likely N-dealkylation sites (tertiary alicyclic amines) is 2. The van der Waals surface area contributed by atoms with E-state index in [0.29, 0.717) is 18.9 Å². The summed E-state index contributed by atoms with van der Waals surface area (Å²) >= 11 is 0. The van der Waals surface area contributed by atoms with Crippen molar-refractivity contribution >= 4 is 20.3 Å². The Morgan fingerprint density at radius 3 is 1.43 bits per heavy atom. The number of hydrogen-bond donors (Lipinski definition) is 0. The third-order valence-corrected chi connectivity index (χ3v) is 9.39. The summed E-state index contributed by atoms with van der Waals surface area (Å²) in [6.07, 6.45) is 1.87. The normalized spacial score (nSPS) is 23.6. The van der Waals surface area contributed by atoms with E-state index >= 15 is 4.79 Å². The van der Waals surface area contributed by atoms with E-state index in [1.54, 1.807) is 6.07 Å². The van der Waals surface area contributed by atoms with Crippen LogP contribution in [0.1, 0.15) is 30.7 Å². The SMILES string of the molecule is CC#N.CN1CCN(C)CC(C)(N2C[C@@]3(c4ccccc4)CN(Cc4ccccn4)C[C@@](c4ccccc4)(C2)C3=O)C1.F[B-](F)(F)F.F[B-](F)(F)F.[Cu+2]. The molecule has 3 aliphatic rings. The minimum atomic E-state index is -6.00. The molecule has 0 unspecified atom stereocenters. The molecule has 293 valence electrons. The van der Waals surface area contributed by atoms with Gasteiger partial charge in [-0.25, -0.2) is 0 Å². The van der Waals surface area contributed by atoms with Crippen molar-refractivity contribution in [3.8, 4) is 6.07 Å². The molecule has 7 nitrogen and oxygen atoms in total. The number of carbonyl (C=O) groups excluding carboxylic acids is 1. The molecule has 6 rings (SSSR count). The summed E-state index contributed by atoms with van der Waals surface area (Å²) in [4.78, 5) is 29.9. The van der Waals surface area contributed by atoms with Crippen LogP contribution in [-0.2, 0) is 39.2 Å². The van der Waals surface area contributed by atoms with Gasteiger partial charge < -0.3 is 44.3 Å². The zero-order valence-corrected chi connectivity index (χ0v) is 31.0. The van der Waals surface area contributed by atoms with E-state index in [1.807, 2.05) is 12.3 Å². The second-order valence-corrected chi connectivity index (χ2v) is 13.7. The number of carbonyl (C=O) groups is 1. The van der Waals surface area contributed by atoms with Gasteiger partial charge in [-0.1, -0.05) is 66.7 Å². The smallest absolute Gasteiger partial charge is 0.418 e. The number of nitriles is 1. The summed E-state index contributed by atoms with van der Waals surface area (Å²) in [7, 11) is -7.52. The number of piperidine rings is 2. The largest absolute Gasteiger partial charge is 2.00 e. The number of hydrogen-bond acceptors (Lipinski definition) is 7. The Bertz CT molecular complexity index is 1510. The molecule has 2 aromatic carbocycles. The Morgan fingerprint density at radius 2 is 1.08 bits per heavy atom. The Balaban J connectivity index is 0.000000603. The average Bonchev–Trinajstić information content (AvgIpc) is 3.18. The molecule has 0 aliphatic carbocycles. The van der Waals surface area contributed by atoms with Crippen LogP contribution in [0.2, 0.25) is 0 Å². The standard InChI is InChI=1S/C33H41N5O.C2H3N.2BF4.Cu/c1-31(21-35(2)18-19-36(3)22-31)38-25-32(27-12-6-4-7-13-27)23-37(20-29-16-10-11-17-34-29)24-33(26-38,30(32)39)28-14-8-5-9-15-28;1-2-3;2*2-1(3,4)5;/h4-17H,18-26H2,1-3H3;1H3;;;/q;;2*-1;+2/t32-,33+;;;;. The van der Waals surface area contributed by atoms with Gasteiger partial charge in [-0.05, 0) is 44.3 Å². The molecule has 53 heavy (non-hydrogen) atoms. The Kier molecular flexibility index (Phi) is 16.7. The van der Waals surface area contributed by atoms with E-state index in [-0.39, 0.29) is 22.6 Å². The van der Waals surface area contributed by atoms with Crippen molar-refractivity contribution in [3.63, 3.8) is 0 Å². The van der Waals surface area contributed by atoms with E-state index < -0.39 is 25.3 Å². The van der Waals surface area contributed by atoms with Crippen molar-refractivity contribution in [3.05, 3.63) is 102 Å². The predicted octanol–water partition coefficient (Wildman–Crippen LogP) is 6.42. The number of aromatic nitrogens is 1. The number of fused-ring (bicyclic) bond motifs is 2. The van der Waals surface area contributed by atoms with E-state index in [1.165, 1.54) is 6.92 Å². The number of pyridine rings is 1. The fraction of sp³-hybridized carbons (Fsp3) is 0.457. The van der Waals surface area contributed by atoms with Gasteiger partial charge in [-0.2, -0.15) is 5.26 Å². The van der Waals surface area contributed by atoms with Crippen molar-refractivity contribution in [1.82, 2.24) is 24.6 Å². The predicted molar refractivity (Wildman–Crippen MR) is 187 cm³/mol. The number of likely N-dealkylation sites (N-methyl/N-ethyl adjacent to an activating group) is 2. The van der Waals surface area contributed by atoms with E-state index in [4.69, 9.17) is 5.26 Å². The first kappa shape index (κ1) is 45.8. The van der Waals surface area contributed by atoms with Crippen LogP contribution >= 0.6 is 0 Å². The van der Waals surface area contributed by atoms with Gasteiger partial charge in [-0.15, -0.1) is 0 Å². The first-order valence-electron chi connectivity index (χ1n) is 16.7. The summed E-state index contributed by atoms with van der Waals surface area (Å²) in [6.45, 7) is 11.5. The van der Waals surface area contributed by atoms with Gasteiger partial charge in [0.05, 0.1) is 22.6 Å². The van der Waals surface area contributed by atoms with Gasteiger partial charge in [0.15, 0.2) is 5.78 Å². The van der Waals surface area contributed by atoms with Crippen LogP contribution in [0.3, 0.4) is 0 Å². The molecule has 0 amide bonds. The average molecular weight is 802 g/mol. The molecule has 0 N–H and O–H groups in total. The fourth-order valence-electron chi connectivity index (χ4n) is 7.64. The number of rotatable bonds is 5. The van der Waals surface area contributed by atoms with Crippen LogP contribution < -0.4 is 0 Å². The minimum absolute atomic E-state index is 0. The molecule has 2 bridgehead atoms. The summed E-state index contributed by atoms with van der Waals surface area (Å²) in [5.41, 5.74) is 1.97. The second kappa shape index (κ2) is 19.3. The Morgan fingerprint density at radius 1 is 0.698 bits per heavy atom. The van der Waals surface area contributed by atoms with Gasteiger partial charge in [0.1, 0.15) is 0 Å². The Hall–Kier alpha value is -3.32. The van der Waals surface area contributed by atoms with Crippen molar-refractivity contribution < 1.29 is 56.4 Å². The maximum Gasteiger partial charge on any atom is 2.00 e. The molecule has 3 fully saturated rings. The number of ketones is 1. The molecule has 1 radical (unpaired) electrons. The summed E-state index contributed by atoms with van der Waals surface area (Å²) in [6, 6.07) is 29.0. The number of Topliss-reactive ketones (excluding diaryl/α,β-unsaturated/α-hetero) is 1. The summed E-state index contributed by atoms with van der Waals surface area (Å²) in [5, 5.41) is 7.32. The molecule has 0 saturated carbocycles. The quantitative estimate of drug-likeness (QED) is 0.218. The second-order valence-electron chi connectivity index (χ2n) is 13.7. The van der Waals surface area contributed by atoms with E-state index in [2.05, 4.69) is 118 Å².